The number of hydrogen-bond donors (Lipinski definition) is 1. The van der Waals surface area contributed by atoms with E-state index in [1.54, 1.807) is 0 Å². The molecule has 0 amide bonds. The van der Waals surface area contributed by atoms with Gasteiger partial charge in [-0.1, -0.05) is 13.8 Å². The van der Waals surface area contributed by atoms with E-state index in [4.69, 9.17) is 0 Å². The molecule has 1 unspecified atom stereocenters. The second kappa shape index (κ2) is 7.14. The quantitative estimate of drug-likeness (QED) is 0.842. The third-order valence-corrected chi connectivity index (χ3v) is 3.18. The summed E-state index contributed by atoms with van der Waals surface area (Å²) in [4.78, 5) is 8.88. The molecule has 0 aliphatic heterocycles. The highest BCUT2D eigenvalue weighted by Crippen LogP contribution is 2.20. The lowest BCUT2D eigenvalue weighted by Gasteiger charge is -2.19. The molecule has 2 rings (SSSR count). The summed E-state index contributed by atoms with van der Waals surface area (Å²) in [6, 6.07) is 2.11. The van der Waals surface area contributed by atoms with E-state index in [-0.39, 0.29) is 6.04 Å². The predicted molar refractivity (Wildman–Crippen MR) is 79.4 cm³/mol. The van der Waals surface area contributed by atoms with Crippen LogP contribution < -0.4 is 5.32 Å². The van der Waals surface area contributed by atoms with Gasteiger partial charge in [-0.3, -0.25) is 14.6 Å². The maximum Gasteiger partial charge on any atom is 0.0937 e. The van der Waals surface area contributed by atoms with Gasteiger partial charge in [-0.05, 0) is 32.4 Å². The van der Waals surface area contributed by atoms with Gasteiger partial charge < -0.3 is 5.32 Å². The van der Waals surface area contributed by atoms with Crippen LogP contribution >= 0.6 is 0 Å². The van der Waals surface area contributed by atoms with Crippen molar-refractivity contribution in [2.45, 2.75) is 46.2 Å². The van der Waals surface area contributed by atoms with Gasteiger partial charge in [0.2, 0.25) is 0 Å². The van der Waals surface area contributed by atoms with Crippen LogP contribution in [0.2, 0.25) is 0 Å². The first kappa shape index (κ1) is 14.7. The van der Waals surface area contributed by atoms with Crippen molar-refractivity contribution < 1.29 is 0 Å². The number of hydrogen-bond acceptors (Lipinski definition) is 4. The van der Waals surface area contributed by atoms with Gasteiger partial charge in [0.05, 0.1) is 29.3 Å². The van der Waals surface area contributed by atoms with Gasteiger partial charge >= 0.3 is 0 Å². The molecule has 0 aromatic carbocycles. The minimum absolute atomic E-state index is 0.0529. The lowest BCUT2D eigenvalue weighted by atomic mass is 10.1. The Morgan fingerprint density at radius 1 is 1.20 bits per heavy atom. The zero-order chi connectivity index (χ0) is 14.4. The van der Waals surface area contributed by atoms with Crippen LogP contribution in [0.4, 0.5) is 0 Å². The molecule has 0 radical (unpaired) electrons. The summed E-state index contributed by atoms with van der Waals surface area (Å²) in [6.07, 6.45) is 7.67. The van der Waals surface area contributed by atoms with Gasteiger partial charge in [0, 0.05) is 18.9 Å². The molecule has 5 heteroatoms. The van der Waals surface area contributed by atoms with Crippen molar-refractivity contribution in [2.75, 3.05) is 6.54 Å². The maximum atomic E-state index is 4.52. The molecule has 0 aliphatic rings. The number of aromatic nitrogens is 4. The van der Waals surface area contributed by atoms with Crippen molar-refractivity contribution in [3.8, 4) is 0 Å². The first-order chi connectivity index (χ1) is 9.76. The standard InChI is InChI=1S/C15H23N5/c1-4-7-16-15(13-11-17-12(3)10-18-13)14-6-8-19-20(14)9-5-2/h6,8,10-11,15-16H,4-5,7,9H2,1-3H3. The smallest absolute Gasteiger partial charge is 0.0937 e. The molecule has 2 aromatic heterocycles. The molecule has 0 saturated carbocycles. The molecule has 0 fully saturated rings. The molecule has 2 heterocycles. The topological polar surface area (TPSA) is 55.6 Å². The highest BCUT2D eigenvalue weighted by molar-refractivity contribution is 5.20. The molecule has 5 nitrogen and oxygen atoms in total. The third kappa shape index (κ3) is 3.42. The van der Waals surface area contributed by atoms with Crippen LogP contribution in [0.25, 0.3) is 0 Å². The zero-order valence-electron chi connectivity index (χ0n) is 12.5. The summed E-state index contributed by atoms with van der Waals surface area (Å²) in [5.74, 6) is 0. The van der Waals surface area contributed by atoms with E-state index in [9.17, 15) is 0 Å². The fraction of sp³-hybridized carbons (Fsp3) is 0.533. The van der Waals surface area contributed by atoms with Crippen molar-refractivity contribution >= 4 is 0 Å². The molecule has 0 saturated heterocycles. The highest BCUT2D eigenvalue weighted by Gasteiger charge is 2.19. The normalized spacial score (nSPS) is 12.6. The van der Waals surface area contributed by atoms with Crippen molar-refractivity contribution in [1.82, 2.24) is 25.1 Å². The Kier molecular flexibility index (Phi) is 5.24. The van der Waals surface area contributed by atoms with Crippen LogP contribution in [0.15, 0.2) is 24.7 Å². The molecule has 0 aliphatic carbocycles. The SMILES string of the molecule is CCCNC(c1cnc(C)cn1)c1ccnn1CCC. The monoisotopic (exact) mass is 273 g/mol. The molecule has 2 aromatic rings. The number of nitrogens with zero attached hydrogens (tertiary/aromatic N) is 4. The molecular weight excluding hydrogens is 250 g/mol. The molecule has 20 heavy (non-hydrogen) atoms. The van der Waals surface area contributed by atoms with Gasteiger partial charge in [0.25, 0.3) is 0 Å². The van der Waals surface area contributed by atoms with Gasteiger partial charge in [0.1, 0.15) is 0 Å². The van der Waals surface area contributed by atoms with E-state index >= 15 is 0 Å². The summed E-state index contributed by atoms with van der Waals surface area (Å²) in [6.45, 7) is 8.13. The lowest BCUT2D eigenvalue weighted by molar-refractivity contribution is 0.504. The largest absolute Gasteiger partial charge is 0.304 e. The van der Waals surface area contributed by atoms with Crippen molar-refractivity contribution in [2.24, 2.45) is 0 Å². The molecule has 108 valence electrons. The Bertz CT molecular complexity index is 517. The second-order valence-electron chi connectivity index (χ2n) is 4.95. The van der Waals surface area contributed by atoms with Gasteiger partial charge in [-0.2, -0.15) is 5.10 Å². The second-order valence-corrected chi connectivity index (χ2v) is 4.95. The van der Waals surface area contributed by atoms with Crippen molar-refractivity contribution in [3.05, 3.63) is 41.7 Å². The van der Waals surface area contributed by atoms with E-state index in [1.807, 2.05) is 25.5 Å². The van der Waals surface area contributed by atoms with Gasteiger partial charge in [-0.15, -0.1) is 0 Å². The Morgan fingerprint density at radius 3 is 2.70 bits per heavy atom. The number of rotatable bonds is 7. The Morgan fingerprint density at radius 2 is 2.05 bits per heavy atom. The van der Waals surface area contributed by atoms with Gasteiger partial charge in [0.15, 0.2) is 0 Å². The van der Waals surface area contributed by atoms with E-state index in [1.165, 1.54) is 0 Å². The first-order valence-electron chi connectivity index (χ1n) is 7.29. The third-order valence-electron chi connectivity index (χ3n) is 3.18. The number of nitrogens with one attached hydrogen (secondary N) is 1. The van der Waals surface area contributed by atoms with Crippen LogP contribution in [-0.2, 0) is 6.54 Å². The van der Waals surface area contributed by atoms with Crippen LogP contribution in [0.3, 0.4) is 0 Å². The van der Waals surface area contributed by atoms with Crippen LogP contribution in [0, 0.1) is 6.92 Å². The fourth-order valence-electron chi connectivity index (χ4n) is 2.19. The summed E-state index contributed by atoms with van der Waals surface area (Å²) in [5.41, 5.74) is 3.03. The molecule has 0 spiro atoms. The molecule has 0 bridgehead atoms. The summed E-state index contributed by atoms with van der Waals surface area (Å²) in [5, 5.41) is 7.95. The van der Waals surface area contributed by atoms with Crippen molar-refractivity contribution in [1.29, 1.82) is 0 Å². The zero-order valence-corrected chi connectivity index (χ0v) is 12.5. The Hall–Kier alpha value is -1.75. The van der Waals surface area contributed by atoms with E-state index < -0.39 is 0 Å². The van der Waals surface area contributed by atoms with Crippen molar-refractivity contribution in [3.63, 3.8) is 0 Å². The molecular formula is C15H23N5. The highest BCUT2D eigenvalue weighted by atomic mass is 15.3. The Labute approximate surface area is 120 Å². The summed E-state index contributed by atoms with van der Waals surface area (Å²) >= 11 is 0. The Balaban J connectivity index is 2.31. The average molecular weight is 273 g/mol. The van der Waals surface area contributed by atoms with E-state index in [0.717, 1.165) is 43.0 Å². The van der Waals surface area contributed by atoms with E-state index in [2.05, 4.69) is 45.0 Å². The lowest BCUT2D eigenvalue weighted by Crippen LogP contribution is -2.27. The minimum atomic E-state index is 0.0529. The fourth-order valence-corrected chi connectivity index (χ4v) is 2.19. The predicted octanol–water partition coefficient (Wildman–Crippen LogP) is 2.48. The first-order valence-corrected chi connectivity index (χ1v) is 7.29. The molecule has 1 N–H and O–H groups in total. The maximum absolute atomic E-state index is 4.52. The average Bonchev–Trinajstić information content (AvgIpc) is 2.90. The van der Waals surface area contributed by atoms with Crippen LogP contribution in [0.1, 0.15) is 49.8 Å². The number of aryl methyl sites for hydroxylation is 2. The van der Waals surface area contributed by atoms with E-state index in [0.29, 0.717) is 0 Å². The molecule has 1 atom stereocenters. The van der Waals surface area contributed by atoms with Crippen LogP contribution in [-0.4, -0.2) is 26.3 Å². The minimum Gasteiger partial charge on any atom is -0.304 e. The van der Waals surface area contributed by atoms with Gasteiger partial charge in [-0.25, -0.2) is 0 Å². The summed E-state index contributed by atoms with van der Waals surface area (Å²) in [7, 11) is 0. The van der Waals surface area contributed by atoms with Crippen LogP contribution in [0.5, 0.6) is 0 Å². The summed E-state index contributed by atoms with van der Waals surface area (Å²) < 4.78 is 2.05.